The van der Waals surface area contributed by atoms with Crippen molar-refractivity contribution < 1.29 is 4.74 Å². The lowest BCUT2D eigenvalue weighted by molar-refractivity contribution is 0.0801. The molecule has 0 spiro atoms. The van der Waals surface area contributed by atoms with Crippen LogP contribution in [0.25, 0.3) is 0 Å². The predicted molar refractivity (Wildman–Crippen MR) is 85.7 cm³/mol. The first-order valence-corrected chi connectivity index (χ1v) is 8.12. The van der Waals surface area contributed by atoms with E-state index in [1.165, 1.54) is 25.9 Å². The van der Waals surface area contributed by atoms with E-state index in [1.807, 2.05) is 17.9 Å². The van der Waals surface area contributed by atoms with E-state index in [9.17, 15) is 0 Å². The molecule has 1 aromatic heterocycles. The minimum absolute atomic E-state index is 0.0770. The lowest BCUT2D eigenvalue weighted by Gasteiger charge is -2.45. The number of nitrogens with zero attached hydrogens (tertiary/aromatic N) is 3. The first-order chi connectivity index (χ1) is 10.1. The minimum Gasteiger partial charge on any atom is -0.493 e. The Morgan fingerprint density at radius 1 is 1.38 bits per heavy atom. The van der Waals surface area contributed by atoms with Gasteiger partial charge in [0.1, 0.15) is 0 Å². The van der Waals surface area contributed by atoms with Gasteiger partial charge in [-0.25, -0.2) is 0 Å². The third-order valence-corrected chi connectivity index (χ3v) is 5.02. The number of hydrogen-bond acceptors (Lipinski definition) is 4. The number of likely N-dealkylation sites (N-methyl/N-ethyl adjacent to an activating group) is 1. The maximum atomic E-state index is 5.55. The molecule has 21 heavy (non-hydrogen) atoms. The van der Waals surface area contributed by atoms with Crippen molar-refractivity contribution in [2.75, 3.05) is 26.7 Å². The fourth-order valence-electron chi connectivity index (χ4n) is 3.57. The second-order valence-electron chi connectivity index (χ2n) is 6.12. The molecule has 0 aliphatic carbocycles. The van der Waals surface area contributed by atoms with Gasteiger partial charge in [0.15, 0.2) is 5.75 Å². The van der Waals surface area contributed by atoms with Gasteiger partial charge < -0.3 is 10.1 Å². The molecule has 1 saturated heterocycles. The zero-order valence-electron chi connectivity index (χ0n) is 14.1. The van der Waals surface area contributed by atoms with Crippen molar-refractivity contribution >= 4 is 0 Å². The second-order valence-corrected chi connectivity index (χ2v) is 6.12. The summed E-state index contributed by atoms with van der Waals surface area (Å²) in [4.78, 5) is 2.63. The molecule has 0 radical (unpaired) electrons. The van der Waals surface area contributed by atoms with Crippen LogP contribution in [0.4, 0.5) is 0 Å². The predicted octanol–water partition coefficient (Wildman–Crippen LogP) is 2.34. The fraction of sp³-hybridized carbons (Fsp3) is 0.812. The number of ether oxygens (including phenoxy) is 1. The van der Waals surface area contributed by atoms with Crippen molar-refractivity contribution in [3.05, 3.63) is 11.9 Å². The van der Waals surface area contributed by atoms with Crippen molar-refractivity contribution in [3.63, 3.8) is 0 Å². The molecule has 5 heteroatoms. The van der Waals surface area contributed by atoms with E-state index in [2.05, 4.69) is 36.1 Å². The van der Waals surface area contributed by atoms with Crippen LogP contribution in [0.2, 0.25) is 0 Å². The number of aromatic nitrogens is 2. The van der Waals surface area contributed by atoms with Gasteiger partial charge in [-0.05, 0) is 45.8 Å². The SMILES string of the molecule is CCNC(c1c(OC)cnn1C)C(C)(CC)N1CCCC1. The van der Waals surface area contributed by atoms with Crippen LogP contribution in [-0.2, 0) is 7.05 Å². The van der Waals surface area contributed by atoms with Gasteiger partial charge in [-0.3, -0.25) is 9.58 Å². The lowest BCUT2D eigenvalue weighted by Crippen LogP contribution is -2.53. The van der Waals surface area contributed by atoms with Crippen LogP contribution >= 0.6 is 0 Å². The molecule has 2 heterocycles. The van der Waals surface area contributed by atoms with Gasteiger partial charge in [0.25, 0.3) is 0 Å². The summed E-state index contributed by atoms with van der Waals surface area (Å²) in [6.07, 6.45) is 5.52. The van der Waals surface area contributed by atoms with Gasteiger partial charge in [0.2, 0.25) is 0 Å². The van der Waals surface area contributed by atoms with Crippen LogP contribution in [0.15, 0.2) is 6.20 Å². The maximum absolute atomic E-state index is 5.55. The Balaban J connectivity index is 2.42. The van der Waals surface area contributed by atoms with E-state index in [1.54, 1.807) is 7.11 Å². The molecule has 0 aromatic carbocycles. The van der Waals surface area contributed by atoms with E-state index in [0.717, 1.165) is 24.4 Å². The van der Waals surface area contributed by atoms with Crippen molar-refractivity contribution in [2.24, 2.45) is 7.05 Å². The second kappa shape index (κ2) is 6.79. The summed E-state index contributed by atoms with van der Waals surface area (Å²) in [5.74, 6) is 0.877. The Morgan fingerprint density at radius 3 is 2.57 bits per heavy atom. The average Bonchev–Trinajstić information content (AvgIpc) is 3.14. The molecule has 2 atom stereocenters. The maximum Gasteiger partial charge on any atom is 0.161 e. The number of hydrogen-bond donors (Lipinski definition) is 1. The molecular formula is C16H30N4O. The topological polar surface area (TPSA) is 42.3 Å². The summed E-state index contributed by atoms with van der Waals surface area (Å²) in [5.41, 5.74) is 1.23. The molecule has 2 rings (SSSR count). The smallest absolute Gasteiger partial charge is 0.161 e. The van der Waals surface area contributed by atoms with Crippen LogP contribution in [0, 0.1) is 0 Å². The monoisotopic (exact) mass is 294 g/mol. The number of likely N-dealkylation sites (tertiary alicyclic amines) is 1. The standard InChI is InChI=1S/C16H30N4O/c1-6-16(3,20-10-8-9-11-20)15(17-7-2)14-13(21-5)12-18-19(14)4/h12,15,17H,6-11H2,1-5H3. The Labute approximate surface area is 128 Å². The molecule has 1 aliphatic rings. The summed E-state index contributed by atoms with van der Waals surface area (Å²) in [6, 6.07) is 0.216. The fourth-order valence-corrected chi connectivity index (χ4v) is 3.57. The largest absolute Gasteiger partial charge is 0.493 e. The van der Waals surface area contributed by atoms with E-state index in [0.29, 0.717) is 0 Å². The van der Waals surface area contributed by atoms with Crippen LogP contribution in [0.5, 0.6) is 5.75 Å². The molecule has 0 amide bonds. The molecule has 120 valence electrons. The number of aryl methyl sites for hydroxylation is 1. The van der Waals surface area contributed by atoms with Gasteiger partial charge in [-0.15, -0.1) is 0 Å². The number of rotatable bonds is 7. The Kier molecular flexibility index (Phi) is 5.27. The Hall–Kier alpha value is -1.07. The molecule has 5 nitrogen and oxygen atoms in total. The van der Waals surface area contributed by atoms with E-state index in [-0.39, 0.29) is 11.6 Å². The van der Waals surface area contributed by atoms with Crippen LogP contribution in [-0.4, -0.2) is 47.0 Å². The van der Waals surface area contributed by atoms with Crippen molar-refractivity contribution in [2.45, 2.75) is 51.6 Å². The van der Waals surface area contributed by atoms with Gasteiger partial charge in [-0.2, -0.15) is 5.10 Å². The van der Waals surface area contributed by atoms with Gasteiger partial charge in [-0.1, -0.05) is 13.8 Å². The highest BCUT2D eigenvalue weighted by Crippen LogP contribution is 2.39. The highest BCUT2D eigenvalue weighted by molar-refractivity contribution is 5.31. The molecule has 1 aliphatic heterocycles. The molecule has 1 aromatic rings. The summed E-state index contributed by atoms with van der Waals surface area (Å²) >= 11 is 0. The van der Waals surface area contributed by atoms with Crippen molar-refractivity contribution in [1.29, 1.82) is 0 Å². The highest BCUT2D eigenvalue weighted by atomic mass is 16.5. The van der Waals surface area contributed by atoms with E-state index < -0.39 is 0 Å². The van der Waals surface area contributed by atoms with E-state index in [4.69, 9.17) is 4.74 Å². The number of nitrogens with one attached hydrogen (secondary N) is 1. The third-order valence-electron chi connectivity index (χ3n) is 5.02. The highest BCUT2D eigenvalue weighted by Gasteiger charge is 2.42. The van der Waals surface area contributed by atoms with Crippen LogP contribution in [0.1, 0.15) is 51.8 Å². The van der Waals surface area contributed by atoms with Gasteiger partial charge in [0, 0.05) is 12.6 Å². The minimum atomic E-state index is 0.0770. The van der Waals surface area contributed by atoms with E-state index >= 15 is 0 Å². The van der Waals surface area contributed by atoms with Crippen LogP contribution in [0.3, 0.4) is 0 Å². The quantitative estimate of drug-likeness (QED) is 0.838. The normalized spacial score (nSPS) is 20.4. The molecule has 1 fully saturated rings. The molecule has 2 unspecified atom stereocenters. The first-order valence-electron chi connectivity index (χ1n) is 8.12. The van der Waals surface area contributed by atoms with Crippen molar-refractivity contribution in [3.8, 4) is 5.75 Å². The summed E-state index contributed by atoms with van der Waals surface area (Å²) in [5, 5.41) is 8.08. The molecule has 0 bridgehead atoms. The third kappa shape index (κ3) is 2.94. The molecule has 1 N–H and O–H groups in total. The zero-order valence-corrected chi connectivity index (χ0v) is 14.1. The number of methoxy groups -OCH3 is 1. The lowest BCUT2D eigenvalue weighted by atomic mass is 9.85. The van der Waals surface area contributed by atoms with Crippen molar-refractivity contribution in [1.82, 2.24) is 20.0 Å². The first kappa shape index (κ1) is 16.3. The Morgan fingerprint density at radius 2 is 2.05 bits per heavy atom. The molecular weight excluding hydrogens is 264 g/mol. The summed E-state index contributed by atoms with van der Waals surface area (Å²) in [7, 11) is 3.73. The van der Waals surface area contributed by atoms with Gasteiger partial charge in [0.05, 0.1) is 25.0 Å². The Bertz CT molecular complexity index is 453. The van der Waals surface area contributed by atoms with Gasteiger partial charge >= 0.3 is 0 Å². The molecule has 0 saturated carbocycles. The average molecular weight is 294 g/mol. The van der Waals surface area contributed by atoms with Crippen LogP contribution < -0.4 is 10.1 Å². The summed E-state index contributed by atoms with van der Waals surface area (Å²) < 4.78 is 7.51. The zero-order chi connectivity index (χ0) is 15.5. The summed E-state index contributed by atoms with van der Waals surface area (Å²) in [6.45, 7) is 10.1.